The number of nitrogens with zero attached hydrogens (tertiary/aromatic N) is 1. The number of carbonyl (C=O) groups is 2. The Morgan fingerprint density at radius 2 is 1.68 bits per heavy atom. The molecule has 3 N–H and O–H groups in total. The highest BCUT2D eigenvalue weighted by Gasteiger charge is 2.28. The molecule has 0 saturated heterocycles. The Kier molecular flexibility index (Phi) is 7.01. The predicted molar refractivity (Wildman–Crippen MR) is 137 cm³/mol. The van der Waals surface area contributed by atoms with E-state index in [0.29, 0.717) is 28.4 Å². The van der Waals surface area contributed by atoms with E-state index in [4.69, 9.17) is 16.7 Å². The quantitative estimate of drug-likeness (QED) is 0.382. The summed E-state index contributed by atoms with van der Waals surface area (Å²) in [6.07, 6.45) is 0.519. The first kappa shape index (κ1) is 23.5. The molecule has 0 aliphatic carbocycles. The number of hydrogen-bond donors (Lipinski definition) is 3. The number of anilines is 2. The van der Waals surface area contributed by atoms with E-state index in [0.717, 1.165) is 28.9 Å². The topological polar surface area (TPSA) is 81.7 Å². The molecule has 4 rings (SSSR count). The average molecular weight is 476 g/mol. The standard InChI is InChI=1S/C27H26ClN3O3/c1-31(2)16-18-5-11-21(12-6-18)29-26(19-8-3-17(4-9-19)7-14-24(32)33)25-22-13-10-20(28)15-23(22)30-27(25)34/h3-6,8-13,15,29H,7,14,16H2,1-2H3,(H,30,34)(H,32,33). The van der Waals surface area contributed by atoms with Crippen molar-refractivity contribution in [2.45, 2.75) is 19.4 Å². The van der Waals surface area contributed by atoms with Crippen LogP contribution in [0.4, 0.5) is 11.4 Å². The van der Waals surface area contributed by atoms with Crippen LogP contribution in [0.5, 0.6) is 0 Å². The fourth-order valence-corrected chi connectivity index (χ4v) is 4.14. The van der Waals surface area contributed by atoms with Crippen molar-refractivity contribution in [3.05, 3.63) is 94.0 Å². The van der Waals surface area contributed by atoms with Gasteiger partial charge in [0.1, 0.15) is 0 Å². The summed E-state index contributed by atoms with van der Waals surface area (Å²) in [5.41, 5.74) is 6.44. The Labute approximate surface area is 203 Å². The number of halogens is 1. The van der Waals surface area contributed by atoms with E-state index < -0.39 is 5.97 Å². The minimum absolute atomic E-state index is 0.0708. The van der Waals surface area contributed by atoms with Gasteiger partial charge in [-0.2, -0.15) is 0 Å². The van der Waals surface area contributed by atoms with Crippen LogP contribution in [0.15, 0.2) is 66.7 Å². The van der Waals surface area contributed by atoms with Crippen LogP contribution in [0.1, 0.15) is 28.7 Å². The second-order valence-electron chi connectivity index (χ2n) is 8.54. The van der Waals surface area contributed by atoms with Crippen LogP contribution in [0.2, 0.25) is 5.02 Å². The Morgan fingerprint density at radius 1 is 1.00 bits per heavy atom. The summed E-state index contributed by atoms with van der Waals surface area (Å²) in [5.74, 6) is -1.04. The number of rotatable bonds is 8. The molecule has 0 bridgehead atoms. The zero-order valence-electron chi connectivity index (χ0n) is 19.1. The maximum Gasteiger partial charge on any atom is 0.303 e. The SMILES string of the molecule is CN(C)Cc1ccc(NC(=C2C(=O)Nc3cc(Cl)ccc32)c2ccc(CCC(=O)O)cc2)cc1. The van der Waals surface area contributed by atoms with Crippen molar-refractivity contribution >= 4 is 46.1 Å². The third-order valence-corrected chi connectivity index (χ3v) is 5.80. The summed E-state index contributed by atoms with van der Waals surface area (Å²) in [5, 5.41) is 15.9. The molecule has 0 unspecified atom stereocenters. The molecule has 0 fully saturated rings. The summed E-state index contributed by atoms with van der Waals surface area (Å²) in [7, 11) is 4.05. The zero-order valence-corrected chi connectivity index (χ0v) is 19.8. The number of fused-ring (bicyclic) bond motifs is 1. The van der Waals surface area contributed by atoms with Gasteiger partial charge in [0.15, 0.2) is 0 Å². The van der Waals surface area contributed by atoms with Gasteiger partial charge in [-0.25, -0.2) is 0 Å². The molecule has 0 atom stereocenters. The largest absolute Gasteiger partial charge is 0.481 e. The van der Waals surface area contributed by atoms with Crippen molar-refractivity contribution in [3.8, 4) is 0 Å². The minimum Gasteiger partial charge on any atom is -0.481 e. The Morgan fingerprint density at radius 3 is 2.32 bits per heavy atom. The molecule has 0 aromatic heterocycles. The first-order valence-electron chi connectivity index (χ1n) is 11.0. The Bertz CT molecular complexity index is 1250. The highest BCUT2D eigenvalue weighted by atomic mass is 35.5. The van der Waals surface area contributed by atoms with Crippen LogP contribution < -0.4 is 10.6 Å². The molecule has 0 radical (unpaired) electrons. The number of carboxylic acids is 1. The van der Waals surface area contributed by atoms with Crippen molar-refractivity contribution in [3.63, 3.8) is 0 Å². The van der Waals surface area contributed by atoms with Crippen LogP contribution in [-0.4, -0.2) is 36.0 Å². The fourth-order valence-electron chi connectivity index (χ4n) is 3.96. The summed E-state index contributed by atoms with van der Waals surface area (Å²) >= 11 is 6.14. The highest BCUT2D eigenvalue weighted by molar-refractivity contribution is 6.38. The molecule has 1 aliphatic heterocycles. The van der Waals surface area contributed by atoms with Crippen molar-refractivity contribution in [1.29, 1.82) is 0 Å². The number of aliphatic carboxylic acids is 1. The van der Waals surface area contributed by atoms with Gasteiger partial charge in [-0.1, -0.05) is 54.1 Å². The van der Waals surface area contributed by atoms with Gasteiger partial charge in [-0.15, -0.1) is 0 Å². The van der Waals surface area contributed by atoms with Crippen molar-refractivity contribution in [2.75, 3.05) is 24.7 Å². The van der Waals surface area contributed by atoms with Crippen LogP contribution in [-0.2, 0) is 22.6 Å². The molecule has 7 heteroatoms. The van der Waals surface area contributed by atoms with E-state index in [1.807, 2.05) is 56.6 Å². The lowest BCUT2D eigenvalue weighted by Gasteiger charge is -2.16. The lowest BCUT2D eigenvalue weighted by molar-refractivity contribution is -0.137. The summed E-state index contributed by atoms with van der Waals surface area (Å²) in [4.78, 5) is 26.1. The fraction of sp³-hybridized carbons (Fsp3) is 0.185. The van der Waals surface area contributed by atoms with Crippen molar-refractivity contribution in [2.24, 2.45) is 0 Å². The first-order chi connectivity index (χ1) is 16.3. The molecular formula is C27H26ClN3O3. The molecule has 1 amide bonds. The molecule has 6 nitrogen and oxygen atoms in total. The van der Waals surface area contributed by atoms with Gasteiger partial charge in [-0.3, -0.25) is 9.59 Å². The van der Waals surface area contributed by atoms with E-state index in [1.165, 1.54) is 5.56 Å². The Balaban J connectivity index is 1.74. The number of nitrogens with one attached hydrogen (secondary N) is 2. The summed E-state index contributed by atoms with van der Waals surface area (Å²) in [6.45, 7) is 0.836. The molecule has 1 aliphatic rings. The van der Waals surface area contributed by atoms with Gasteiger partial charge in [0.2, 0.25) is 0 Å². The number of amides is 1. The lowest BCUT2D eigenvalue weighted by atomic mass is 9.98. The number of carbonyl (C=O) groups excluding carboxylic acids is 1. The first-order valence-corrected chi connectivity index (χ1v) is 11.4. The number of aryl methyl sites for hydroxylation is 1. The third kappa shape index (κ3) is 5.47. The van der Waals surface area contributed by atoms with Gasteiger partial charge in [0.25, 0.3) is 5.91 Å². The minimum atomic E-state index is -0.829. The van der Waals surface area contributed by atoms with Crippen molar-refractivity contribution in [1.82, 2.24) is 4.90 Å². The molecule has 3 aromatic rings. The van der Waals surface area contributed by atoms with Gasteiger partial charge in [-0.05, 0) is 61.5 Å². The maximum absolute atomic E-state index is 13.0. The molecule has 34 heavy (non-hydrogen) atoms. The lowest BCUT2D eigenvalue weighted by Crippen LogP contribution is -2.11. The normalized spacial score (nSPS) is 14.1. The maximum atomic E-state index is 13.0. The third-order valence-electron chi connectivity index (χ3n) is 5.57. The number of hydrogen-bond acceptors (Lipinski definition) is 4. The van der Waals surface area contributed by atoms with Gasteiger partial charge in [0, 0.05) is 29.2 Å². The van der Waals surface area contributed by atoms with E-state index in [9.17, 15) is 9.59 Å². The summed E-state index contributed by atoms with van der Waals surface area (Å²) < 4.78 is 0. The molecule has 0 saturated carbocycles. The van der Waals surface area contributed by atoms with Crippen LogP contribution in [0.25, 0.3) is 11.3 Å². The van der Waals surface area contributed by atoms with E-state index >= 15 is 0 Å². The smallest absolute Gasteiger partial charge is 0.303 e. The van der Waals surface area contributed by atoms with Gasteiger partial charge >= 0.3 is 5.97 Å². The molecule has 3 aromatic carbocycles. The van der Waals surface area contributed by atoms with E-state index in [2.05, 4.69) is 27.7 Å². The van der Waals surface area contributed by atoms with E-state index in [-0.39, 0.29) is 12.3 Å². The number of carboxylic acid groups (broad SMARTS) is 1. The van der Waals surface area contributed by atoms with Crippen LogP contribution in [0, 0.1) is 0 Å². The molecular weight excluding hydrogens is 450 g/mol. The second kappa shape index (κ2) is 10.1. The second-order valence-corrected chi connectivity index (χ2v) is 8.98. The monoisotopic (exact) mass is 475 g/mol. The zero-order chi connectivity index (χ0) is 24.2. The average Bonchev–Trinajstić information content (AvgIpc) is 3.11. The highest BCUT2D eigenvalue weighted by Crippen LogP contribution is 2.38. The number of benzene rings is 3. The van der Waals surface area contributed by atoms with Gasteiger partial charge in [0.05, 0.1) is 17.0 Å². The predicted octanol–water partition coefficient (Wildman–Crippen LogP) is 5.35. The molecule has 1 heterocycles. The molecule has 174 valence electrons. The van der Waals surface area contributed by atoms with Crippen LogP contribution in [0.3, 0.4) is 0 Å². The van der Waals surface area contributed by atoms with Crippen LogP contribution >= 0.6 is 11.6 Å². The van der Waals surface area contributed by atoms with E-state index in [1.54, 1.807) is 12.1 Å². The summed E-state index contributed by atoms with van der Waals surface area (Å²) in [6, 6.07) is 21.1. The molecule has 0 spiro atoms. The Hall–Kier alpha value is -3.61. The van der Waals surface area contributed by atoms with Crippen molar-refractivity contribution < 1.29 is 14.7 Å². The van der Waals surface area contributed by atoms with Gasteiger partial charge < -0.3 is 20.6 Å².